The van der Waals surface area contributed by atoms with Crippen LogP contribution in [0.3, 0.4) is 0 Å². The summed E-state index contributed by atoms with van der Waals surface area (Å²) in [6.07, 6.45) is 0. The predicted octanol–water partition coefficient (Wildman–Crippen LogP) is -2.17. The summed E-state index contributed by atoms with van der Waals surface area (Å²) in [4.78, 5) is 9.47. The minimum Gasteiger partial charge on any atom is -0.872 e. The van der Waals surface area contributed by atoms with E-state index in [1.807, 2.05) is 0 Å². The third-order valence-corrected chi connectivity index (χ3v) is 1.05. The first-order valence-corrected chi connectivity index (χ1v) is 2.61. The monoisotopic (exact) mass is 178 g/mol. The van der Waals surface area contributed by atoms with Crippen LogP contribution in [-0.2, 0) is 0 Å². The summed E-state index contributed by atoms with van der Waals surface area (Å²) >= 11 is 0. The molecule has 0 unspecified atom stereocenters. The number of nitro benzene ring substituents is 1. The van der Waals surface area contributed by atoms with E-state index in [4.69, 9.17) is 0 Å². The van der Waals surface area contributed by atoms with Crippen LogP contribution in [0.25, 0.3) is 0 Å². The number of nitrogens with zero attached hydrogens (tertiary/aromatic N) is 1. The summed E-state index contributed by atoms with van der Waals surface area (Å²) in [5, 5.41) is 20.4. The van der Waals surface area contributed by atoms with Crippen LogP contribution in [0.15, 0.2) is 24.3 Å². The number of hydrogen-bond acceptors (Lipinski definition) is 4. The maximum atomic E-state index is 10.4. The van der Waals surface area contributed by atoms with Gasteiger partial charge >= 0.3 is 29.6 Å². The predicted molar refractivity (Wildman–Crippen MR) is 37.6 cm³/mol. The Morgan fingerprint density at radius 1 is 1.17 bits per heavy atom. The first-order valence-electron chi connectivity index (χ1n) is 2.61. The van der Waals surface area contributed by atoms with Gasteiger partial charge in [0, 0.05) is 12.1 Å². The second-order valence-corrected chi connectivity index (χ2v) is 1.75. The molecule has 0 aromatic heterocycles. The van der Waals surface area contributed by atoms with Crippen LogP contribution >= 0.6 is 0 Å². The van der Waals surface area contributed by atoms with Crippen LogP contribution in [0.4, 0.5) is 5.69 Å². The fourth-order valence-corrected chi connectivity index (χ4v) is 0.568. The van der Waals surface area contributed by atoms with Gasteiger partial charge in [-0.05, 0) is 0 Å². The SMILES string of the molecule is N.O=[N+]([O-])c1ccc([O-])cc1.[Na+]. The van der Waals surface area contributed by atoms with Gasteiger partial charge in [0.25, 0.3) is 5.69 Å². The zero-order chi connectivity index (χ0) is 7.56. The van der Waals surface area contributed by atoms with Crippen molar-refractivity contribution in [1.82, 2.24) is 6.15 Å². The van der Waals surface area contributed by atoms with E-state index >= 15 is 0 Å². The molecule has 0 fully saturated rings. The maximum absolute atomic E-state index is 10.4. The van der Waals surface area contributed by atoms with Gasteiger partial charge in [0.1, 0.15) is 0 Å². The fourth-order valence-electron chi connectivity index (χ4n) is 0.568. The van der Waals surface area contributed by atoms with E-state index in [-0.39, 0.29) is 47.1 Å². The number of rotatable bonds is 1. The van der Waals surface area contributed by atoms with E-state index in [0.29, 0.717) is 0 Å². The largest absolute Gasteiger partial charge is 1.00 e. The molecule has 0 saturated heterocycles. The number of benzene rings is 1. The van der Waals surface area contributed by atoms with E-state index in [1.54, 1.807) is 0 Å². The Morgan fingerprint density at radius 3 is 1.92 bits per heavy atom. The molecule has 5 nitrogen and oxygen atoms in total. The van der Waals surface area contributed by atoms with Gasteiger partial charge in [-0.15, -0.1) is 5.75 Å². The molecule has 6 heteroatoms. The van der Waals surface area contributed by atoms with Gasteiger partial charge < -0.3 is 11.3 Å². The molecule has 3 N–H and O–H groups in total. The zero-order valence-corrected chi connectivity index (χ0v) is 8.69. The van der Waals surface area contributed by atoms with Crippen molar-refractivity contribution in [3.8, 4) is 5.75 Å². The molecule has 0 aliphatic carbocycles. The van der Waals surface area contributed by atoms with Crippen LogP contribution in [0.5, 0.6) is 5.75 Å². The van der Waals surface area contributed by atoms with E-state index in [9.17, 15) is 15.2 Å². The first kappa shape index (κ1) is 13.9. The van der Waals surface area contributed by atoms with Crippen molar-refractivity contribution in [2.75, 3.05) is 0 Å². The molecular weight excluding hydrogens is 171 g/mol. The second kappa shape index (κ2) is 5.96. The summed E-state index contributed by atoms with van der Waals surface area (Å²) in [5.41, 5.74) is -0.0559. The molecule has 0 atom stereocenters. The average molecular weight is 178 g/mol. The third kappa shape index (κ3) is 3.68. The van der Waals surface area contributed by atoms with Crippen LogP contribution < -0.4 is 40.8 Å². The number of non-ortho nitro benzene ring substituents is 1. The van der Waals surface area contributed by atoms with Gasteiger partial charge in [0.2, 0.25) is 0 Å². The topological polar surface area (TPSA) is 101 Å². The molecule has 0 aliphatic rings. The molecule has 1 aromatic carbocycles. The van der Waals surface area contributed by atoms with Gasteiger partial charge in [0.15, 0.2) is 0 Å². The molecule has 12 heavy (non-hydrogen) atoms. The normalized spacial score (nSPS) is 7.67. The second-order valence-electron chi connectivity index (χ2n) is 1.75. The molecule has 60 valence electrons. The van der Waals surface area contributed by atoms with Gasteiger partial charge in [-0.1, -0.05) is 12.1 Å². The van der Waals surface area contributed by atoms with Gasteiger partial charge in [-0.2, -0.15) is 0 Å². The molecule has 1 aromatic rings. The summed E-state index contributed by atoms with van der Waals surface area (Å²) in [7, 11) is 0. The fraction of sp³-hybridized carbons (Fsp3) is 0. The Morgan fingerprint density at radius 2 is 1.58 bits per heavy atom. The van der Waals surface area contributed by atoms with Crippen molar-refractivity contribution in [3.63, 3.8) is 0 Å². The molecular formula is C6H7N2NaO3. The van der Waals surface area contributed by atoms with Crippen molar-refractivity contribution >= 4 is 5.69 Å². The summed E-state index contributed by atoms with van der Waals surface area (Å²) < 4.78 is 0. The van der Waals surface area contributed by atoms with Crippen LogP contribution in [0.1, 0.15) is 0 Å². The molecule has 0 radical (unpaired) electrons. The molecule has 0 spiro atoms. The van der Waals surface area contributed by atoms with Crippen molar-refractivity contribution in [3.05, 3.63) is 34.4 Å². The Bertz CT molecular complexity index is 249. The molecule has 0 bridgehead atoms. The molecule has 0 amide bonds. The molecule has 1 rings (SSSR count). The van der Waals surface area contributed by atoms with Crippen LogP contribution in [0, 0.1) is 10.1 Å². The first-order chi connectivity index (χ1) is 4.70. The summed E-state index contributed by atoms with van der Waals surface area (Å²) in [6.45, 7) is 0. The Hall–Kier alpha value is -0.620. The molecule has 0 saturated carbocycles. The van der Waals surface area contributed by atoms with Crippen LogP contribution in [0.2, 0.25) is 0 Å². The zero-order valence-electron chi connectivity index (χ0n) is 6.69. The smallest absolute Gasteiger partial charge is 0.872 e. The standard InChI is InChI=1S/C6H5NO3.H3N.Na/c8-6-3-1-5(2-4-6)7(9)10;;/h1-4,8H;1H3;/q;;+1/p-1. The van der Waals surface area contributed by atoms with Crippen LogP contribution in [-0.4, -0.2) is 4.92 Å². The van der Waals surface area contributed by atoms with Gasteiger partial charge in [0.05, 0.1) is 4.92 Å². The van der Waals surface area contributed by atoms with Crippen molar-refractivity contribution < 1.29 is 39.6 Å². The van der Waals surface area contributed by atoms with Crippen molar-refractivity contribution in [2.45, 2.75) is 0 Å². The summed E-state index contributed by atoms with van der Waals surface area (Å²) in [6, 6.07) is 4.70. The quantitative estimate of drug-likeness (QED) is 0.300. The van der Waals surface area contributed by atoms with E-state index in [0.717, 1.165) is 12.1 Å². The van der Waals surface area contributed by atoms with Gasteiger partial charge in [-0.25, -0.2) is 0 Å². The van der Waals surface area contributed by atoms with E-state index in [1.165, 1.54) is 12.1 Å². The maximum Gasteiger partial charge on any atom is 1.00 e. The summed E-state index contributed by atoms with van der Waals surface area (Å²) in [5.74, 6) is -0.217. The van der Waals surface area contributed by atoms with Crippen molar-refractivity contribution in [1.29, 1.82) is 0 Å². The number of nitro groups is 1. The Labute approximate surface area is 91.4 Å². The molecule has 0 heterocycles. The van der Waals surface area contributed by atoms with E-state index < -0.39 is 4.92 Å². The average Bonchev–Trinajstić information content (AvgIpc) is 1.88. The van der Waals surface area contributed by atoms with Crippen molar-refractivity contribution in [2.24, 2.45) is 0 Å². The third-order valence-electron chi connectivity index (χ3n) is 1.05. The molecule has 0 aliphatic heterocycles. The van der Waals surface area contributed by atoms with Gasteiger partial charge in [-0.3, -0.25) is 10.1 Å². The minimum atomic E-state index is -0.542. The Balaban J connectivity index is 0. The minimum absolute atomic E-state index is 0. The number of hydrogen-bond donors (Lipinski definition) is 1. The van der Waals surface area contributed by atoms with E-state index in [2.05, 4.69) is 0 Å². The Kier molecular flexibility index (Phi) is 6.92.